The average molecular weight is 305 g/mol. The van der Waals surface area contributed by atoms with Crippen LogP contribution < -0.4 is 5.32 Å². The quantitative estimate of drug-likeness (QED) is 0.879. The Morgan fingerprint density at radius 2 is 2.11 bits per heavy atom. The van der Waals surface area contributed by atoms with Gasteiger partial charge in [-0.15, -0.1) is 11.3 Å². The van der Waals surface area contributed by atoms with E-state index in [4.69, 9.17) is 16.7 Å². The molecule has 1 heterocycles. The molecule has 0 aliphatic heterocycles. The molecule has 0 unspecified atom stereocenters. The number of carboxylic acids is 1. The minimum atomic E-state index is -0.946. The van der Waals surface area contributed by atoms with Crippen LogP contribution in [0.1, 0.15) is 25.1 Å². The zero-order valence-corrected chi connectivity index (χ0v) is 12.6. The number of halogens is 1. The van der Waals surface area contributed by atoms with E-state index in [0.717, 1.165) is 4.88 Å². The molecule has 0 aliphatic carbocycles. The molecule has 0 saturated carbocycles. The van der Waals surface area contributed by atoms with Gasteiger partial charge in [0.15, 0.2) is 0 Å². The molecule has 0 aromatic carbocycles. The second-order valence-electron chi connectivity index (χ2n) is 4.95. The molecule has 1 aromatic heterocycles. The summed E-state index contributed by atoms with van der Waals surface area (Å²) in [6, 6.07) is 3.33. The minimum Gasteiger partial charge on any atom is -0.481 e. The van der Waals surface area contributed by atoms with Crippen LogP contribution in [0.4, 0.5) is 4.79 Å². The van der Waals surface area contributed by atoms with Gasteiger partial charge in [0.2, 0.25) is 0 Å². The van der Waals surface area contributed by atoms with E-state index in [1.807, 2.05) is 6.07 Å². The zero-order valence-electron chi connectivity index (χ0n) is 11.1. The smallest absolute Gasteiger partial charge is 0.317 e. The molecule has 5 nitrogen and oxygen atoms in total. The SMILES string of the molecule is CN(Cc1ccc(Cl)s1)C(=O)NC(C)(C)CC(=O)O. The van der Waals surface area contributed by atoms with Crippen LogP contribution in [-0.4, -0.2) is 34.6 Å². The van der Waals surface area contributed by atoms with Crippen molar-refractivity contribution in [1.82, 2.24) is 10.2 Å². The predicted molar refractivity (Wildman–Crippen MR) is 75.7 cm³/mol. The third-order valence-corrected chi connectivity index (χ3v) is 3.62. The van der Waals surface area contributed by atoms with Gasteiger partial charge < -0.3 is 15.3 Å². The third kappa shape index (κ3) is 5.48. The number of aliphatic carboxylic acids is 1. The van der Waals surface area contributed by atoms with Crippen LogP contribution in [0, 0.1) is 0 Å². The van der Waals surface area contributed by atoms with Crippen molar-refractivity contribution in [1.29, 1.82) is 0 Å². The average Bonchev–Trinajstić information content (AvgIpc) is 2.60. The number of nitrogens with one attached hydrogen (secondary N) is 1. The first-order valence-electron chi connectivity index (χ1n) is 5.69. The Balaban J connectivity index is 2.55. The highest BCUT2D eigenvalue weighted by molar-refractivity contribution is 7.16. The van der Waals surface area contributed by atoms with Gasteiger partial charge in [-0.2, -0.15) is 0 Å². The molecule has 0 spiro atoms. The molecule has 7 heteroatoms. The summed E-state index contributed by atoms with van der Waals surface area (Å²) < 4.78 is 0.676. The Labute approximate surface area is 121 Å². The van der Waals surface area contributed by atoms with Crippen LogP contribution in [0.2, 0.25) is 4.34 Å². The molecule has 2 N–H and O–H groups in total. The van der Waals surface area contributed by atoms with E-state index < -0.39 is 11.5 Å². The van der Waals surface area contributed by atoms with Crippen molar-refractivity contribution in [3.8, 4) is 0 Å². The Morgan fingerprint density at radius 1 is 1.47 bits per heavy atom. The summed E-state index contributed by atoms with van der Waals surface area (Å²) in [4.78, 5) is 25.1. The van der Waals surface area contributed by atoms with Gasteiger partial charge in [-0.25, -0.2) is 4.79 Å². The molecule has 0 fully saturated rings. The first kappa shape index (κ1) is 15.8. The number of thiophene rings is 1. The topological polar surface area (TPSA) is 69.6 Å². The molecule has 106 valence electrons. The monoisotopic (exact) mass is 304 g/mol. The third-order valence-electron chi connectivity index (χ3n) is 2.41. The molecule has 2 amide bonds. The Kier molecular flexibility index (Phi) is 5.20. The van der Waals surface area contributed by atoms with E-state index in [-0.39, 0.29) is 12.5 Å². The van der Waals surface area contributed by atoms with Crippen molar-refractivity contribution in [3.05, 3.63) is 21.3 Å². The van der Waals surface area contributed by atoms with Crippen LogP contribution in [0.5, 0.6) is 0 Å². The fourth-order valence-electron chi connectivity index (χ4n) is 1.55. The molecule has 0 aliphatic rings. The number of rotatable bonds is 5. The number of carboxylic acid groups (broad SMARTS) is 1. The van der Waals surface area contributed by atoms with Crippen molar-refractivity contribution in [2.45, 2.75) is 32.4 Å². The fourth-order valence-corrected chi connectivity index (χ4v) is 2.69. The lowest BCUT2D eigenvalue weighted by Gasteiger charge is -2.27. The molecule has 0 bridgehead atoms. The standard InChI is InChI=1S/C12H17ClN2O3S/c1-12(2,6-10(16)17)14-11(18)15(3)7-8-4-5-9(13)19-8/h4-5H,6-7H2,1-3H3,(H,14,18)(H,16,17). The summed E-state index contributed by atoms with van der Waals surface area (Å²) in [5.41, 5.74) is -0.787. The summed E-state index contributed by atoms with van der Waals surface area (Å²) in [5.74, 6) is -0.946. The predicted octanol–water partition coefficient (Wildman–Crippen LogP) is 2.80. The first-order valence-corrected chi connectivity index (χ1v) is 6.88. The van der Waals surface area contributed by atoms with E-state index in [2.05, 4.69) is 5.32 Å². The molecule has 0 atom stereocenters. The van der Waals surface area contributed by atoms with E-state index in [9.17, 15) is 9.59 Å². The Bertz CT molecular complexity index is 473. The van der Waals surface area contributed by atoms with E-state index in [0.29, 0.717) is 10.9 Å². The normalized spacial score (nSPS) is 11.2. The summed E-state index contributed by atoms with van der Waals surface area (Å²) in [6.07, 6.45) is -0.128. The van der Waals surface area contributed by atoms with Crippen molar-refractivity contribution in [2.24, 2.45) is 0 Å². The number of urea groups is 1. The second kappa shape index (κ2) is 6.25. The zero-order chi connectivity index (χ0) is 14.6. The largest absolute Gasteiger partial charge is 0.481 e. The van der Waals surface area contributed by atoms with Gasteiger partial charge in [-0.1, -0.05) is 11.6 Å². The number of carbonyl (C=O) groups is 2. The second-order valence-corrected chi connectivity index (χ2v) is 6.75. The van der Waals surface area contributed by atoms with Gasteiger partial charge in [0.25, 0.3) is 0 Å². The fraction of sp³-hybridized carbons (Fsp3) is 0.500. The maximum absolute atomic E-state index is 11.9. The maximum Gasteiger partial charge on any atom is 0.317 e. The van der Waals surface area contributed by atoms with Crippen LogP contribution in [0.15, 0.2) is 12.1 Å². The molecule has 1 rings (SSSR count). The molecule has 0 radical (unpaired) electrons. The van der Waals surface area contributed by atoms with E-state index >= 15 is 0 Å². The highest BCUT2D eigenvalue weighted by Crippen LogP contribution is 2.22. The number of amides is 2. The molecular weight excluding hydrogens is 288 g/mol. The van der Waals surface area contributed by atoms with Crippen molar-refractivity contribution >= 4 is 34.9 Å². The van der Waals surface area contributed by atoms with E-state index in [1.54, 1.807) is 27.0 Å². The summed E-state index contributed by atoms with van der Waals surface area (Å²) >= 11 is 7.23. The molecular formula is C12H17ClN2O3S. The summed E-state index contributed by atoms with van der Waals surface area (Å²) in [6.45, 7) is 3.79. The van der Waals surface area contributed by atoms with Crippen molar-refractivity contribution in [2.75, 3.05) is 7.05 Å². The van der Waals surface area contributed by atoms with Crippen LogP contribution in [-0.2, 0) is 11.3 Å². The highest BCUT2D eigenvalue weighted by Gasteiger charge is 2.25. The number of hydrogen-bond acceptors (Lipinski definition) is 3. The number of hydrogen-bond donors (Lipinski definition) is 2. The van der Waals surface area contributed by atoms with Crippen molar-refractivity contribution in [3.63, 3.8) is 0 Å². The number of nitrogens with zero attached hydrogens (tertiary/aromatic N) is 1. The Hall–Kier alpha value is -1.27. The van der Waals surface area contributed by atoms with Crippen LogP contribution in [0.3, 0.4) is 0 Å². The van der Waals surface area contributed by atoms with Gasteiger partial charge in [0.1, 0.15) is 0 Å². The van der Waals surface area contributed by atoms with Gasteiger partial charge in [0.05, 0.1) is 17.3 Å². The minimum absolute atomic E-state index is 0.128. The highest BCUT2D eigenvalue weighted by atomic mass is 35.5. The summed E-state index contributed by atoms with van der Waals surface area (Å²) in [7, 11) is 1.65. The van der Waals surface area contributed by atoms with Crippen molar-refractivity contribution < 1.29 is 14.7 Å². The Morgan fingerprint density at radius 3 is 2.58 bits per heavy atom. The van der Waals surface area contributed by atoms with E-state index in [1.165, 1.54) is 16.2 Å². The lowest BCUT2D eigenvalue weighted by molar-refractivity contribution is -0.138. The summed E-state index contributed by atoms with van der Waals surface area (Å²) in [5, 5.41) is 11.5. The molecule has 1 aromatic rings. The lowest BCUT2D eigenvalue weighted by Crippen LogP contribution is -2.49. The molecule has 0 saturated heterocycles. The maximum atomic E-state index is 11.9. The van der Waals surface area contributed by atoms with Crippen LogP contribution >= 0.6 is 22.9 Å². The molecule has 19 heavy (non-hydrogen) atoms. The van der Waals surface area contributed by atoms with Gasteiger partial charge >= 0.3 is 12.0 Å². The van der Waals surface area contributed by atoms with Gasteiger partial charge in [-0.3, -0.25) is 4.79 Å². The lowest BCUT2D eigenvalue weighted by atomic mass is 10.0. The van der Waals surface area contributed by atoms with Crippen LogP contribution in [0.25, 0.3) is 0 Å². The number of carbonyl (C=O) groups excluding carboxylic acids is 1. The van der Waals surface area contributed by atoms with Gasteiger partial charge in [-0.05, 0) is 26.0 Å². The first-order chi connectivity index (χ1) is 8.69. The van der Waals surface area contributed by atoms with Gasteiger partial charge in [0, 0.05) is 17.5 Å².